The van der Waals surface area contributed by atoms with Gasteiger partial charge in [-0.1, -0.05) is 35.5 Å². The van der Waals surface area contributed by atoms with Gasteiger partial charge in [-0.3, -0.25) is 14.2 Å². The number of hydrogen-bond donors (Lipinski definition) is 0. The number of carbonyl (C=O) groups excluding carboxylic acids is 1. The van der Waals surface area contributed by atoms with Crippen LogP contribution in [0.2, 0.25) is 5.02 Å². The van der Waals surface area contributed by atoms with Crippen molar-refractivity contribution in [2.24, 2.45) is 0 Å². The van der Waals surface area contributed by atoms with E-state index in [1.807, 2.05) is 36.1 Å². The van der Waals surface area contributed by atoms with Crippen LogP contribution in [0.15, 0.2) is 52.4 Å². The van der Waals surface area contributed by atoms with Crippen LogP contribution in [0.1, 0.15) is 5.56 Å². The van der Waals surface area contributed by atoms with Crippen molar-refractivity contribution in [1.82, 2.24) is 19.4 Å². The monoisotopic (exact) mass is 442 g/mol. The van der Waals surface area contributed by atoms with E-state index in [2.05, 4.69) is 11.9 Å². The molecule has 0 saturated carbocycles. The molecule has 2 heterocycles. The number of thioether (sulfide) groups is 1. The maximum absolute atomic E-state index is 13.3. The van der Waals surface area contributed by atoms with E-state index < -0.39 is 0 Å². The molecule has 0 aliphatic carbocycles. The maximum Gasteiger partial charge on any atom is 0.266 e. The number of rotatable bonds is 4. The van der Waals surface area contributed by atoms with Crippen LogP contribution in [0.3, 0.4) is 0 Å². The lowest BCUT2D eigenvalue weighted by atomic mass is 10.2. The van der Waals surface area contributed by atoms with E-state index in [9.17, 15) is 9.59 Å². The minimum atomic E-state index is -0.170. The average molecular weight is 443 g/mol. The Morgan fingerprint density at radius 1 is 1.13 bits per heavy atom. The van der Waals surface area contributed by atoms with Crippen molar-refractivity contribution in [1.29, 1.82) is 0 Å². The molecule has 1 aliphatic rings. The summed E-state index contributed by atoms with van der Waals surface area (Å²) in [7, 11) is 2.06. The van der Waals surface area contributed by atoms with Gasteiger partial charge < -0.3 is 9.80 Å². The van der Waals surface area contributed by atoms with Crippen LogP contribution in [-0.2, 0) is 4.79 Å². The molecule has 6 nitrogen and oxygen atoms in total. The van der Waals surface area contributed by atoms with Gasteiger partial charge in [-0.25, -0.2) is 4.98 Å². The molecule has 0 unspecified atom stereocenters. The quantitative estimate of drug-likeness (QED) is 0.458. The summed E-state index contributed by atoms with van der Waals surface area (Å²) in [6, 6.07) is 12.8. The number of benzene rings is 2. The molecule has 0 radical (unpaired) electrons. The fraction of sp³-hybridized carbons (Fsp3) is 0.318. The van der Waals surface area contributed by atoms with E-state index in [0.717, 1.165) is 37.4 Å². The van der Waals surface area contributed by atoms with Gasteiger partial charge in [0.2, 0.25) is 5.91 Å². The van der Waals surface area contributed by atoms with E-state index in [4.69, 9.17) is 16.6 Å². The van der Waals surface area contributed by atoms with Crippen LogP contribution in [0.4, 0.5) is 0 Å². The van der Waals surface area contributed by atoms with Crippen molar-refractivity contribution < 1.29 is 4.79 Å². The summed E-state index contributed by atoms with van der Waals surface area (Å²) in [6.07, 6.45) is 0. The molecule has 30 heavy (non-hydrogen) atoms. The number of hydrogen-bond acceptors (Lipinski definition) is 5. The van der Waals surface area contributed by atoms with Crippen LogP contribution in [0.25, 0.3) is 16.6 Å². The van der Waals surface area contributed by atoms with Crippen molar-refractivity contribution in [3.8, 4) is 5.69 Å². The molecule has 1 amide bonds. The largest absolute Gasteiger partial charge is 0.339 e. The number of nitrogens with zero attached hydrogens (tertiary/aromatic N) is 4. The molecule has 156 valence electrons. The number of fused-ring (bicyclic) bond motifs is 1. The Kier molecular flexibility index (Phi) is 6.13. The molecular formula is C22H23ClN4O2S. The molecular weight excluding hydrogens is 420 g/mol. The summed E-state index contributed by atoms with van der Waals surface area (Å²) in [5, 5.41) is 1.51. The van der Waals surface area contributed by atoms with Gasteiger partial charge in [0.1, 0.15) is 0 Å². The van der Waals surface area contributed by atoms with Crippen LogP contribution in [-0.4, -0.2) is 64.2 Å². The second kappa shape index (κ2) is 8.79. The Balaban J connectivity index is 1.71. The van der Waals surface area contributed by atoms with E-state index in [1.165, 1.54) is 11.8 Å². The molecule has 1 saturated heterocycles. The molecule has 3 aromatic rings. The third-order valence-electron chi connectivity index (χ3n) is 5.24. The highest BCUT2D eigenvalue weighted by atomic mass is 35.5. The fourth-order valence-electron chi connectivity index (χ4n) is 3.50. The molecule has 1 aliphatic heterocycles. The summed E-state index contributed by atoms with van der Waals surface area (Å²) in [6.45, 7) is 5.17. The zero-order valence-electron chi connectivity index (χ0n) is 17.0. The first kappa shape index (κ1) is 20.9. The number of piperazine rings is 1. The van der Waals surface area contributed by atoms with Gasteiger partial charge in [-0.15, -0.1) is 0 Å². The zero-order chi connectivity index (χ0) is 21.3. The predicted molar refractivity (Wildman–Crippen MR) is 122 cm³/mol. The normalized spacial score (nSPS) is 15.0. The molecule has 2 aromatic carbocycles. The second-order valence-electron chi connectivity index (χ2n) is 7.51. The standard InChI is InChI=1S/C22H23ClN4O2S/c1-15-4-3-5-17(12-15)27-21(29)18-7-6-16(23)13-19(18)24-22(27)30-14-20(28)26-10-8-25(2)9-11-26/h3-7,12-13H,8-11,14H2,1-2H3. The van der Waals surface area contributed by atoms with Gasteiger partial charge in [-0.2, -0.15) is 0 Å². The molecule has 0 spiro atoms. The minimum absolute atomic E-state index is 0.0596. The predicted octanol–water partition coefficient (Wildman–Crippen LogP) is 3.21. The summed E-state index contributed by atoms with van der Waals surface area (Å²) < 4.78 is 1.59. The highest BCUT2D eigenvalue weighted by Crippen LogP contribution is 2.24. The molecule has 8 heteroatoms. The molecule has 0 bridgehead atoms. The van der Waals surface area contributed by atoms with Crippen molar-refractivity contribution in [2.75, 3.05) is 39.0 Å². The van der Waals surface area contributed by atoms with Gasteiger partial charge in [0.15, 0.2) is 5.16 Å². The topological polar surface area (TPSA) is 58.4 Å². The SMILES string of the molecule is Cc1cccc(-n2c(SCC(=O)N3CCN(C)CC3)nc3cc(Cl)ccc3c2=O)c1. The Labute approximate surface area is 184 Å². The smallest absolute Gasteiger partial charge is 0.266 e. The maximum atomic E-state index is 13.3. The Morgan fingerprint density at radius 2 is 1.90 bits per heavy atom. The molecule has 1 aromatic heterocycles. The highest BCUT2D eigenvalue weighted by Gasteiger charge is 2.21. The van der Waals surface area contributed by atoms with Crippen LogP contribution in [0, 0.1) is 6.92 Å². The Bertz CT molecular complexity index is 1160. The third kappa shape index (κ3) is 4.38. The zero-order valence-corrected chi connectivity index (χ0v) is 18.5. The first-order chi connectivity index (χ1) is 14.4. The first-order valence-electron chi connectivity index (χ1n) is 9.81. The average Bonchev–Trinajstić information content (AvgIpc) is 2.72. The lowest BCUT2D eigenvalue weighted by molar-refractivity contribution is -0.129. The van der Waals surface area contributed by atoms with Crippen LogP contribution in [0.5, 0.6) is 0 Å². The van der Waals surface area contributed by atoms with Crippen LogP contribution < -0.4 is 5.56 Å². The number of aryl methyl sites for hydroxylation is 1. The highest BCUT2D eigenvalue weighted by molar-refractivity contribution is 7.99. The van der Waals surface area contributed by atoms with Crippen molar-refractivity contribution in [2.45, 2.75) is 12.1 Å². The van der Waals surface area contributed by atoms with Gasteiger partial charge in [0.05, 0.1) is 22.3 Å². The molecule has 0 atom stereocenters. The number of carbonyl (C=O) groups is 1. The number of halogens is 1. The summed E-state index contributed by atoms with van der Waals surface area (Å²) in [4.78, 5) is 34.8. The fourth-order valence-corrected chi connectivity index (χ4v) is 4.59. The Hall–Kier alpha value is -2.35. The van der Waals surface area contributed by atoms with Crippen molar-refractivity contribution in [3.63, 3.8) is 0 Å². The van der Waals surface area contributed by atoms with Gasteiger partial charge >= 0.3 is 0 Å². The summed E-state index contributed by atoms with van der Waals surface area (Å²) in [5.74, 6) is 0.290. The lowest BCUT2D eigenvalue weighted by Crippen LogP contribution is -2.47. The van der Waals surface area contributed by atoms with Crippen molar-refractivity contribution in [3.05, 3.63) is 63.4 Å². The number of aromatic nitrogens is 2. The van der Waals surface area contributed by atoms with E-state index in [0.29, 0.717) is 21.1 Å². The number of likely N-dealkylation sites (N-methyl/N-ethyl adjacent to an activating group) is 1. The Morgan fingerprint density at radius 3 is 2.63 bits per heavy atom. The molecule has 1 fully saturated rings. The van der Waals surface area contributed by atoms with Crippen molar-refractivity contribution >= 4 is 40.2 Å². The van der Waals surface area contributed by atoms with Gasteiger partial charge in [0.25, 0.3) is 5.56 Å². The van der Waals surface area contributed by atoms with E-state index in [1.54, 1.807) is 22.8 Å². The van der Waals surface area contributed by atoms with E-state index in [-0.39, 0.29) is 17.2 Å². The lowest BCUT2D eigenvalue weighted by Gasteiger charge is -2.32. The van der Waals surface area contributed by atoms with E-state index >= 15 is 0 Å². The molecule has 4 rings (SSSR count). The summed E-state index contributed by atoms with van der Waals surface area (Å²) >= 11 is 7.41. The summed E-state index contributed by atoms with van der Waals surface area (Å²) in [5.41, 5.74) is 2.14. The number of amides is 1. The third-order valence-corrected chi connectivity index (χ3v) is 6.40. The minimum Gasteiger partial charge on any atom is -0.339 e. The molecule has 0 N–H and O–H groups in total. The second-order valence-corrected chi connectivity index (χ2v) is 8.89. The first-order valence-corrected chi connectivity index (χ1v) is 11.2. The van der Waals surface area contributed by atoms with Gasteiger partial charge in [0, 0.05) is 31.2 Å². The van der Waals surface area contributed by atoms with Crippen LogP contribution >= 0.6 is 23.4 Å². The van der Waals surface area contributed by atoms with Gasteiger partial charge in [-0.05, 0) is 49.9 Å².